The fourth-order valence-electron chi connectivity index (χ4n) is 1.27. The molecule has 0 saturated heterocycles. The predicted molar refractivity (Wildman–Crippen MR) is 77.3 cm³/mol. The van der Waals surface area contributed by atoms with E-state index in [1.807, 2.05) is 12.2 Å². The van der Waals surface area contributed by atoms with Crippen molar-refractivity contribution in [2.75, 3.05) is 0 Å². The molecule has 1 atom stereocenters. The molecule has 1 N–H and O–H groups in total. The molecule has 0 amide bonds. The van der Waals surface area contributed by atoms with Crippen molar-refractivity contribution < 1.29 is 31.3 Å². The molecule has 2 rings (SSSR count). The van der Waals surface area contributed by atoms with Crippen molar-refractivity contribution in [2.24, 2.45) is 5.92 Å². The second-order valence-corrected chi connectivity index (χ2v) is 4.53. The molecule has 1 nitrogen and oxygen atoms in total. The zero-order valence-corrected chi connectivity index (χ0v) is 16.4. The minimum atomic E-state index is 0. The van der Waals surface area contributed by atoms with Gasteiger partial charge in [0.05, 0.1) is 0 Å². The fourth-order valence-corrected chi connectivity index (χ4v) is 1.85. The van der Waals surface area contributed by atoms with Crippen LogP contribution in [0.25, 0.3) is 0 Å². The van der Waals surface area contributed by atoms with Crippen LogP contribution in [0.5, 0.6) is 0 Å². The maximum absolute atomic E-state index is 9.12. The molecular formula is C12H18Cl2OSiZr. The second-order valence-electron chi connectivity index (χ2n) is 3.53. The molecule has 1 unspecified atom stereocenters. The monoisotopic (exact) mass is 366 g/mol. The third-order valence-corrected chi connectivity index (χ3v) is 3.80. The molecule has 0 radical (unpaired) electrons. The molecule has 0 aromatic rings. The van der Waals surface area contributed by atoms with E-state index >= 15 is 0 Å². The van der Waals surface area contributed by atoms with Gasteiger partial charge in [0.15, 0.2) is 0 Å². The van der Waals surface area contributed by atoms with Crippen LogP contribution in [0.3, 0.4) is 0 Å². The zero-order chi connectivity index (χ0) is 10.6. The summed E-state index contributed by atoms with van der Waals surface area (Å²) in [5.41, 5.74) is 1.29. The summed E-state index contributed by atoms with van der Waals surface area (Å²) in [5.74, 6) is 0.740. The maximum Gasteiger partial charge on any atom is 2.00 e. The van der Waals surface area contributed by atoms with Crippen molar-refractivity contribution >= 4 is 35.1 Å². The number of halogens is 2. The summed E-state index contributed by atoms with van der Waals surface area (Å²) < 4.78 is 0. The molecule has 0 spiro atoms. The van der Waals surface area contributed by atoms with E-state index in [9.17, 15) is 0 Å². The van der Waals surface area contributed by atoms with E-state index in [1.54, 1.807) is 0 Å². The first-order valence-corrected chi connectivity index (χ1v) is 5.85. The fraction of sp³-hybridized carbons (Fsp3) is 0.333. The minimum absolute atomic E-state index is 0. The second kappa shape index (κ2) is 11.5. The summed E-state index contributed by atoms with van der Waals surface area (Å²) in [5, 5.41) is 10.2. The summed E-state index contributed by atoms with van der Waals surface area (Å²) in [6, 6.07) is 0. The zero-order valence-electron chi connectivity index (χ0n) is 10.3. The molecule has 0 aromatic heterocycles. The van der Waals surface area contributed by atoms with Gasteiger partial charge in [-0.3, -0.25) is 6.08 Å². The molecule has 2 aliphatic rings. The van der Waals surface area contributed by atoms with Crippen molar-refractivity contribution in [2.45, 2.75) is 20.3 Å². The SMILES string of the molecule is CC1=C([SiH3])C(O)=[C-]C1C.Cl.Cl.[C-]1=CC=CC1.[Zr+2]. The van der Waals surface area contributed by atoms with E-state index in [0.717, 1.165) is 21.9 Å². The molecule has 94 valence electrons. The molecule has 0 saturated carbocycles. The van der Waals surface area contributed by atoms with E-state index in [4.69, 9.17) is 5.11 Å². The topological polar surface area (TPSA) is 20.2 Å². The van der Waals surface area contributed by atoms with Crippen LogP contribution in [-0.2, 0) is 26.2 Å². The van der Waals surface area contributed by atoms with Gasteiger partial charge in [0.1, 0.15) is 0 Å². The molecule has 0 aliphatic heterocycles. The first-order valence-electron chi connectivity index (χ1n) is 4.85. The average Bonchev–Trinajstić information content (AvgIpc) is 2.78. The van der Waals surface area contributed by atoms with Crippen LogP contribution in [0.2, 0.25) is 0 Å². The molecule has 2 aliphatic carbocycles. The van der Waals surface area contributed by atoms with Gasteiger partial charge in [0, 0.05) is 0 Å². The summed E-state index contributed by atoms with van der Waals surface area (Å²) >= 11 is 0. The van der Waals surface area contributed by atoms with E-state index < -0.39 is 0 Å². The number of aliphatic hydroxyl groups excluding tert-OH is 1. The van der Waals surface area contributed by atoms with Gasteiger partial charge in [-0.25, -0.2) is 18.2 Å². The van der Waals surface area contributed by atoms with Gasteiger partial charge in [-0.2, -0.15) is 16.8 Å². The Morgan fingerprint density at radius 3 is 2.12 bits per heavy atom. The summed E-state index contributed by atoms with van der Waals surface area (Å²) in [6.45, 7) is 4.11. The number of hydrogen-bond donors (Lipinski definition) is 1. The standard InChI is InChI=1S/C7H11OSi.C5H5.2ClH.Zr/c1-4-3-6(8)7(9)5(4)2;1-2-4-5-3-1;;;/h4,8H,1-2,9H3;1-3H,4H2;2*1H;/q2*-1;;;+2. The number of hydrogen-bond acceptors (Lipinski definition) is 1. The predicted octanol–water partition coefficient (Wildman–Crippen LogP) is 2.67. The smallest absolute Gasteiger partial charge is 0.546 e. The van der Waals surface area contributed by atoms with Gasteiger partial charge >= 0.3 is 26.2 Å². The normalized spacial score (nSPS) is 19.6. The van der Waals surface area contributed by atoms with Crippen LogP contribution in [0, 0.1) is 18.1 Å². The Bertz CT molecular complexity index is 325. The molecular weight excluding hydrogens is 350 g/mol. The molecule has 0 heterocycles. The summed E-state index contributed by atoms with van der Waals surface area (Å²) in [4.78, 5) is 0. The minimum Gasteiger partial charge on any atom is -0.546 e. The largest absolute Gasteiger partial charge is 2.00 e. The third-order valence-electron chi connectivity index (χ3n) is 2.54. The Morgan fingerprint density at radius 2 is 2.00 bits per heavy atom. The Kier molecular flexibility index (Phi) is 15.3. The van der Waals surface area contributed by atoms with Crippen LogP contribution in [0.4, 0.5) is 0 Å². The average molecular weight is 368 g/mol. The van der Waals surface area contributed by atoms with Gasteiger partial charge in [-0.1, -0.05) is 25.5 Å². The Morgan fingerprint density at radius 1 is 1.41 bits per heavy atom. The van der Waals surface area contributed by atoms with Crippen molar-refractivity contribution in [1.29, 1.82) is 0 Å². The Balaban J connectivity index is -0.000000216. The Hall–Kier alpha value is 0.440. The first kappa shape index (κ1) is 22.6. The van der Waals surface area contributed by atoms with Gasteiger partial charge < -0.3 is 5.11 Å². The van der Waals surface area contributed by atoms with Crippen LogP contribution in [0.15, 0.2) is 34.8 Å². The Labute approximate surface area is 139 Å². The molecule has 17 heavy (non-hydrogen) atoms. The van der Waals surface area contributed by atoms with Crippen molar-refractivity contribution in [3.63, 3.8) is 0 Å². The van der Waals surface area contributed by atoms with Gasteiger partial charge in [0.25, 0.3) is 0 Å². The van der Waals surface area contributed by atoms with Gasteiger partial charge in [-0.05, 0) is 10.2 Å². The molecule has 0 bridgehead atoms. The van der Waals surface area contributed by atoms with E-state index in [-0.39, 0.29) is 51.0 Å². The third kappa shape index (κ3) is 7.46. The van der Waals surface area contributed by atoms with Crippen molar-refractivity contribution in [3.8, 4) is 0 Å². The number of allylic oxidation sites excluding steroid dienone is 7. The van der Waals surface area contributed by atoms with Gasteiger partial charge in [0.2, 0.25) is 0 Å². The van der Waals surface area contributed by atoms with E-state index in [2.05, 4.69) is 32.1 Å². The van der Waals surface area contributed by atoms with Crippen LogP contribution in [-0.4, -0.2) is 15.3 Å². The molecule has 0 aromatic carbocycles. The van der Waals surface area contributed by atoms with E-state index in [1.165, 1.54) is 5.57 Å². The van der Waals surface area contributed by atoms with Crippen molar-refractivity contribution in [1.82, 2.24) is 0 Å². The number of aliphatic hydroxyl groups is 1. The summed E-state index contributed by atoms with van der Waals surface area (Å²) in [7, 11) is 0.939. The maximum atomic E-state index is 9.12. The molecule has 5 heteroatoms. The van der Waals surface area contributed by atoms with E-state index in [0.29, 0.717) is 11.7 Å². The van der Waals surface area contributed by atoms with Crippen LogP contribution < -0.4 is 0 Å². The molecule has 0 fully saturated rings. The van der Waals surface area contributed by atoms with Crippen LogP contribution >= 0.6 is 24.8 Å². The van der Waals surface area contributed by atoms with Crippen LogP contribution in [0.1, 0.15) is 20.3 Å². The van der Waals surface area contributed by atoms with Crippen molar-refractivity contribution in [3.05, 3.63) is 46.9 Å². The van der Waals surface area contributed by atoms with Gasteiger partial charge in [-0.15, -0.1) is 31.2 Å². The quantitative estimate of drug-likeness (QED) is 0.515. The number of rotatable bonds is 0. The first-order chi connectivity index (χ1) is 6.63. The summed E-state index contributed by atoms with van der Waals surface area (Å²) in [6.07, 6.45) is 12.9.